The molecule has 0 aliphatic carbocycles. The maximum absolute atomic E-state index is 13.2. The molecule has 0 fully saturated rings. The van der Waals surface area contributed by atoms with E-state index in [1.54, 1.807) is 27.2 Å². The molecule has 0 bridgehead atoms. The number of aromatic hydroxyl groups is 1. The van der Waals surface area contributed by atoms with Crippen molar-refractivity contribution in [3.63, 3.8) is 0 Å². The van der Waals surface area contributed by atoms with Crippen LogP contribution in [-0.4, -0.2) is 41.4 Å². The van der Waals surface area contributed by atoms with E-state index in [4.69, 9.17) is 14.2 Å². The third kappa shape index (κ3) is 3.55. The predicted molar refractivity (Wildman–Crippen MR) is 121 cm³/mol. The molecule has 1 aliphatic rings. The van der Waals surface area contributed by atoms with E-state index in [1.165, 1.54) is 12.1 Å². The molecule has 172 valence electrons. The monoisotopic (exact) mass is 452 g/mol. The second-order valence-corrected chi connectivity index (χ2v) is 7.63. The number of hydrogen-bond donors (Lipinski definition) is 1. The van der Waals surface area contributed by atoms with E-state index in [1.807, 2.05) is 23.6 Å². The summed E-state index contributed by atoms with van der Waals surface area (Å²) in [6, 6.07) is 7.85. The molecule has 9 nitrogen and oxygen atoms in total. The number of esters is 1. The average molecular weight is 452 g/mol. The maximum Gasteiger partial charge on any atom is 0.340 e. The quantitative estimate of drug-likeness (QED) is 0.333. The number of phenols is 1. The van der Waals surface area contributed by atoms with Crippen LogP contribution in [0.25, 0.3) is 22.4 Å². The Morgan fingerprint density at radius 2 is 1.88 bits per heavy atom. The number of aromatic nitrogens is 1. The lowest BCUT2D eigenvalue weighted by Gasteiger charge is -2.23. The van der Waals surface area contributed by atoms with E-state index in [-0.39, 0.29) is 6.61 Å². The fourth-order valence-corrected chi connectivity index (χ4v) is 4.46. The van der Waals surface area contributed by atoms with Crippen molar-refractivity contribution in [2.24, 2.45) is 0 Å². The Kier molecular flexibility index (Phi) is 5.71. The average Bonchev–Trinajstić information content (AvgIpc) is 3.11. The van der Waals surface area contributed by atoms with Gasteiger partial charge in [0.05, 0.1) is 37.0 Å². The molecule has 0 radical (unpaired) electrons. The molecule has 1 N–H and O–H groups in total. The Balaban J connectivity index is 2.05. The summed E-state index contributed by atoms with van der Waals surface area (Å²) in [7, 11) is 3.12. The number of phenolic OH excluding ortho intramolecular Hbond substituents is 1. The van der Waals surface area contributed by atoms with Crippen LogP contribution in [0.2, 0.25) is 0 Å². The molecule has 1 aromatic heterocycles. The van der Waals surface area contributed by atoms with Crippen molar-refractivity contribution in [2.75, 3.05) is 20.8 Å². The van der Waals surface area contributed by atoms with Gasteiger partial charge in [-0.15, -0.1) is 0 Å². The zero-order valence-electron chi connectivity index (χ0n) is 18.8. The van der Waals surface area contributed by atoms with Crippen molar-refractivity contribution in [1.29, 1.82) is 0 Å². The zero-order valence-corrected chi connectivity index (χ0v) is 18.8. The SMILES string of the molecule is CCOC(=O)c1c(-c2ccc(O)c([N+](=O)[O-])c2)c(C)n2c1-c1cc(OC)c(OC)cc1CC2. The molecule has 2 aromatic carbocycles. The van der Waals surface area contributed by atoms with Crippen LogP contribution in [0.1, 0.15) is 28.5 Å². The number of methoxy groups -OCH3 is 2. The second kappa shape index (κ2) is 8.50. The molecule has 4 rings (SSSR count). The van der Waals surface area contributed by atoms with Gasteiger partial charge in [-0.2, -0.15) is 0 Å². The summed E-state index contributed by atoms with van der Waals surface area (Å²) in [6.07, 6.45) is 0.704. The fourth-order valence-electron chi connectivity index (χ4n) is 4.46. The van der Waals surface area contributed by atoms with Gasteiger partial charge in [0.25, 0.3) is 0 Å². The first-order valence-corrected chi connectivity index (χ1v) is 10.5. The summed E-state index contributed by atoms with van der Waals surface area (Å²) >= 11 is 0. The number of fused-ring (bicyclic) bond motifs is 3. The standard InChI is InChI=1S/C24H24N2O7/c1-5-33-24(28)22-21(15-6-7-18(27)17(10-15)26(29)30)13(2)25-9-8-14-11-19(31-3)20(32-4)12-16(14)23(22)25/h6-7,10-12,27H,5,8-9H2,1-4H3. The largest absolute Gasteiger partial charge is 0.502 e. The Hall–Kier alpha value is -4.01. The molecule has 0 amide bonds. The number of hydrogen-bond acceptors (Lipinski definition) is 7. The number of rotatable bonds is 6. The minimum Gasteiger partial charge on any atom is -0.502 e. The van der Waals surface area contributed by atoms with E-state index in [9.17, 15) is 20.0 Å². The summed E-state index contributed by atoms with van der Waals surface area (Å²) in [5, 5.41) is 21.3. The van der Waals surface area contributed by atoms with Gasteiger partial charge in [0.2, 0.25) is 0 Å². The third-order valence-corrected chi connectivity index (χ3v) is 5.93. The second-order valence-electron chi connectivity index (χ2n) is 7.63. The van der Waals surface area contributed by atoms with Crippen molar-refractivity contribution < 1.29 is 29.0 Å². The van der Waals surface area contributed by atoms with E-state index in [0.29, 0.717) is 46.8 Å². The highest BCUT2D eigenvalue weighted by Gasteiger charge is 2.33. The summed E-state index contributed by atoms with van der Waals surface area (Å²) < 4.78 is 18.3. The molecule has 2 heterocycles. The Labute approximate surface area is 190 Å². The number of aryl methyl sites for hydroxylation is 1. The Morgan fingerprint density at radius 3 is 2.52 bits per heavy atom. The van der Waals surface area contributed by atoms with E-state index < -0.39 is 22.3 Å². The van der Waals surface area contributed by atoms with E-state index >= 15 is 0 Å². The smallest absolute Gasteiger partial charge is 0.340 e. The molecule has 0 atom stereocenters. The number of ether oxygens (including phenoxy) is 3. The fraction of sp³-hybridized carbons (Fsp3) is 0.292. The van der Waals surface area contributed by atoms with Gasteiger partial charge < -0.3 is 23.9 Å². The van der Waals surface area contributed by atoms with Crippen molar-refractivity contribution in [2.45, 2.75) is 26.8 Å². The van der Waals surface area contributed by atoms with Gasteiger partial charge in [0, 0.05) is 29.4 Å². The van der Waals surface area contributed by atoms with E-state index in [0.717, 1.165) is 16.8 Å². The van der Waals surface area contributed by atoms with Crippen LogP contribution in [0, 0.1) is 17.0 Å². The molecule has 33 heavy (non-hydrogen) atoms. The van der Waals surface area contributed by atoms with Crippen LogP contribution in [0.4, 0.5) is 5.69 Å². The van der Waals surface area contributed by atoms with Crippen LogP contribution >= 0.6 is 0 Å². The van der Waals surface area contributed by atoms with Crippen molar-refractivity contribution in [3.05, 3.63) is 57.3 Å². The number of benzene rings is 2. The highest BCUT2D eigenvalue weighted by atomic mass is 16.6. The number of nitro benzene ring substituents is 1. The Bertz CT molecular complexity index is 1280. The minimum atomic E-state index is -0.652. The summed E-state index contributed by atoms with van der Waals surface area (Å²) in [4.78, 5) is 24.0. The summed E-state index contributed by atoms with van der Waals surface area (Å²) in [6.45, 7) is 4.37. The molecular weight excluding hydrogens is 428 g/mol. The first-order chi connectivity index (χ1) is 15.8. The van der Waals surface area contributed by atoms with Gasteiger partial charge in [-0.3, -0.25) is 10.1 Å². The zero-order chi connectivity index (χ0) is 23.9. The molecule has 0 unspecified atom stereocenters. The highest BCUT2D eigenvalue weighted by molar-refractivity contribution is 6.05. The number of nitrogens with zero attached hydrogens (tertiary/aromatic N) is 2. The lowest BCUT2D eigenvalue weighted by Crippen LogP contribution is -2.15. The maximum atomic E-state index is 13.2. The number of nitro groups is 1. The summed E-state index contributed by atoms with van der Waals surface area (Å²) in [5.74, 6) is 0.160. The van der Waals surface area contributed by atoms with Crippen molar-refractivity contribution in [3.8, 4) is 39.6 Å². The normalized spacial score (nSPS) is 12.0. The number of carbonyl (C=O) groups excluding carboxylic acids is 1. The van der Waals surface area contributed by atoms with Crippen LogP contribution in [-0.2, 0) is 17.7 Å². The number of carbonyl (C=O) groups is 1. The van der Waals surface area contributed by atoms with Crippen molar-refractivity contribution in [1.82, 2.24) is 4.57 Å². The molecule has 0 spiro atoms. The minimum absolute atomic E-state index is 0.177. The first kappa shape index (κ1) is 22.2. The first-order valence-electron chi connectivity index (χ1n) is 10.5. The molecule has 1 aliphatic heterocycles. The van der Waals surface area contributed by atoms with Gasteiger partial charge in [-0.25, -0.2) is 4.79 Å². The van der Waals surface area contributed by atoms with Gasteiger partial charge >= 0.3 is 11.7 Å². The van der Waals surface area contributed by atoms with Crippen molar-refractivity contribution >= 4 is 11.7 Å². The van der Waals surface area contributed by atoms with Gasteiger partial charge in [0.1, 0.15) is 0 Å². The van der Waals surface area contributed by atoms with Crippen LogP contribution < -0.4 is 9.47 Å². The molecule has 0 saturated heterocycles. The Morgan fingerprint density at radius 1 is 1.18 bits per heavy atom. The van der Waals surface area contributed by atoms with Gasteiger partial charge in [0.15, 0.2) is 17.2 Å². The van der Waals surface area contributed by atoms with Crippen LogP contribution in [0.15, 0.2) is 30.3 Å². The van der Waals surface area contributed by atoms with Gasteiger partial charge in [-0.1, -0.05) is 6.07 Å². The van der Waals surface area contributed by atoms with Crippen LogP contribution in [0.5, 0.6) is 17.2 Å². The topological polar surface area (TPSA) is 113 Å². The molecule has 9 heteroatoms. The lowest BCUT2D eigenvalue weighted by molar-refractivity contribution is -0.385. The molecule has 0 saturated carbocycles. The lowest BCUT2D eigenvalue weighted by atomic mass is 9.93. The summed E-state index contributed by atoms with van der Waals surface area (Å²) in [5.41, 5.74) is 4.11. The third-order valence-electron chi connectivity index (χ3n) is 5.93. The molecular formula is C24H24N2O7. The highest BCUT2D eigenvalue weighted by Crippen LogP contribution is 2.46. The predicted octanol–water partition coefficient (Wildman–Crippen LogP) is 4.49. The van der Waals surface area contributed by atoms with Gasteiger partial charge in [-0.05, 0) is 49.6 Å². The van der Waals surface area contributed by atoms with E-state index in [2.05, 4.69) is 0 Å². The molecule has 3 aromatic rings. The van der Waals surface area contributed by atoms with Crippen LogP contribution in [0.3, 0.4) is 0 Å².